The summed E-state index contributed by atoms with van der Waals surface area (Å²) >= 11 is 0. The van der Waals surface area contributed by atoms with Crippen molar-refractivity contribution in [3.05, 3.63) is 0 Å². The molecule has 1 fully saturated rings. The van der Waals surface area contributed by atoms with Crippen molar-refractivity contribution in [3.63, 3.8) is 0 Å². The standard InChI is InChI=1S/C8H14N2O3/c1-2-13-8(12)6(9)7(11)10-5-3-4-5/h5-6H,2-4,9H2,1H3,(H,10,11). The van der Waals surface area contributed by atoms with Crippen LogP contribution in [0.1, 0.15) is 19.8 Å². The Kier molecular flexibility index (Phi) is 3.25. The van der Waals surface area contributed by atoms with Crippen LogP contribution >= 0.6 is 0 Å². The van der Waals surface area contributed by atoms with Gasteiger partial charge in [-0.3, -0.25) is 4.79 Å². The molecule has 1 rings (SSSR count). The van der Waals surface area contributed by atoms with Crippen LogP contribution in [0.25, 0.3) is 0 Å². The number of hydrogen-bond acceptors (Lipinski definition) is 4. The summed E-state index contributed by atoms with van der Waals surface area (Å²) in [5, 5.41) is 2.63. The summed E-state index contributed by atoms with van der Waals surface area (Å²) in [4.78, 5) is 22.2. The molecule has 13 heavy (non-hydrogen) atoms. The van der Waals surface area contributed by atoms with Crippen LogP contribution in [0.2, 0.25) is 0 Å². The number of rotatable bonds is 4. The number of esters is 1. The Morgan fingerprint density at radius 1 is 1.62 bits per heavy atom. The van der Waals surface area contributed by atoms with E-state index >= 15 is 0 Å². The van der Waals surface area contributed by atoms with Gasteiger partial charge < -0.3 is 15.8 Å². The maximum Gasteiger partial charge on any atom is 0.332 e. The molecule has 0 aromatic rings. The smallest absolute Gasteiger partial charge is 0.332 e. The number of nitrogens with two attached hydrogens (primary N) is 1. The molecule has 0 spiro atoms. The summed E-state index contributed by atoms with van der Waals surface area (Å²) in [6.07, 6.45) is 1.95. The molecule has 0 heterocycles. The summed E-state index contributed by atoms with van der Waals surface area (Å²) in [7, 11) is 0. The Labute approximate surface area is 76.6 Å². The number of ether oxygens (including phenoxy) is 1. The zero-order valence-electron chi connectivity index (χ0n) is 7.58. The van der Waals surface area contributed by atoms with Crippen LogP contribution in [0.4, 0.5) is 0 Å². The highest BCUT2D eigenvalue weighted by Crippen LogP contribution is 2.18. The maximum atomic E-state index is 11.2. The summed E-state index contributed by atoms with van der Waals surface area (Å²) in [5.74, 6) is -1.11. The average molecular weight is 186 g/mol. The molecule has 1 amide bonds. The normalized spacial score (nSPS) is 17.7. The molecule has 1 atom stereocenters. The summed E-state index contributed by atoms with van der Waals surface area (Å²) in [5.41, 5.74) is 5.34. The lowest BCUT2D eigenvalue weighted by Gasteiger charge is -2.09. The van der Waals surface area contributed by atoms with Crippen molar-refractivity contribution in [2.75, 3.05) is 6.61 Å². The van der Waals surface area contributed by atoms with E-state index in [4.69, 9.17) is 5.73 Å². The monoisotopic (exact) mass is 186 g/mol. The number of carbonyl (C=O) groups is 2. The highest BCUT2D eigenvalue weighted by atomic mass is 16.5. The van der Waals surface area contributed by atoms with E-state index in [2.05, 4.69) is 10.1 Å². The predicted molar refractivity (Wildman–Crippen MR) is 45.8 cm³/mol. The van der Waals surface area contributed by atoms with E-state index in [1.165, 1.54) is 0 Å². The molecule has 0 radical (unpaired) electrons. The first-order chi connectivity index (χ1) is 6.15. The first kappa shape index (κ1) is 9.98. The molecule has 1 aliphatic carbocycles. The van der Waals surface area contributed by atoms with Crippen molar-refractivity contribution < 1.29 is 14.3 Å². The second kappa shape index (κ2) is 4.23. The van der Waals surface area contributed by atoms with Crippen molar-refractivity contribution in [3.8, 4) is 0 Å². The van der Waals surface area contributed by atoms with Crippen LogP contribution in [0, 0.1) is 0 Å². The minimum absolute atomic E-state index is 0.216. The Morgan fingerprint density at radius 3 is 2.69 bits per heavy atom. The summed E-state index contributed by atoms with van der Waals surface area (Å²) < 4.78 is 4.60. The van der Waals surface area contributed by atoms with E-state index in [1.54, 1.807) is 6.92 Å². The molecule has 0 aromatic carbocycles. The number of carbonyl (C=O) groups excluding carboxylic acids is 2. The third kappa shape index (κ3) is 3.02. The minimum Gasteiger partial charge on any atom is -0.464 e. The van der Waals surface area contributed by atoms with Crippen molar-refractivity contribution in [1.82, 2.24) is 5.32 Å². The van der Waals surface area contributed by atoms with Gasteiger partial charge in [-0.1, -0.05) is 0 Å². The van der Waals surface area contributed by atoms with Crippen molar-refractivity contribution in [2.24, 2.45) is 5.73 Å². The fourth-order valence-electron chi connectivity index (χ4n) is 0.858. The van der Waals surface area contributed by atoms with Gasteiger partial charge in [-0.2, -0.15) is 0 Å². The van der Waals surface area contributed by atoms with Gasteiger partial charge in [-0.05, 0) is 19.8 Å². The minimum atomic E-state index is -1.18. The molecule has 5 heteroatoms. The number of nitrogens with one attached hydrogen (secondary N) is 1. The Bertz CT molecular complexity index is 213. The van der Waals surface area contributed by atoms with Gasteiger partial charge in [0.25, 0.3) is 0 Å². The van der Waals surface area contributed by atoms with Crippen LogP contribution in [0.15, 0.2) is 0 Å². The largest absolute Gasteiger partial charge is 0.464 e. The molecule has 1 aliphatic rings. The van der Waals surface area contributed by atoms with Gasteiger partial charge in [0.05, 0.1) is 6.61 Å². The van der Waals surface area contributed by atoms with Gasteiger partial charge in [-0.15, -0.1) is 0 Å². The third-order valence-corrected chi connectivity index (χ3v) is 1.75. The van der Waals surface area contributed by atoms with E-state index in [0.29, 0.717) is 0 Å². The second-order valence-corrected chi connectivity index (χ2v) is 3.01. The first-order valence-electron chi connectivity index (χ1n) is 4.37. The van der Waals surface area contributed by atoms with Gasteiger partial charge in [0.1, 0.15) is 0 Å². The molecule has 0 aromatic heterocycles. The summed E-state index contributed by atoms with van der Waals surface area (Å²) in [6, 6.07) is -0.964. The number of amides is 1. The number of hydrogen-bond donors (Lipinski definition) is 2. The van der Waals surface area contributed by atoms with E-state index in [-0.39, 0.29) is 12.6 Å². The highest BCUT2D eigenvalue weighted by Gasteiger charge is 2.29. The lowest BCUT2D eigenvalue weighted by Crippen LogP contribution is -2.47. The fourth-order valence-corrected chi connectivity index (χ4v) is 0.858. The third-order valence-electron chi connectivity index (χ3n) is 1.75. The van der Waals surface area contributed by atoms with Crippen molar-refractivity contribution >= 4 is 11.9 Å². The molecule has 5 nitrogen and oxygen atoms in total. The Balaban J connectivity index is 2.30. The van der Waals surface area contributed by atoms with Gasteiger partial charge in [-0.25, -0.2) is 4.79 Å². The SMILES string of the molecule is CCOC(=O)C(N)C(=O)NC1CC1. The van der Waals surface area contributed by atoms with Crippen LogP contribution < -0.4 is 11.1 Å². The molecule has 0 aliphatic heterocycles. The predicted octanol–water partition coefficient (Wildman–Crippen LogP) is -0.845. The average Bonchev–Trinajstić information content (AvgIpc) is 2.87. The van der Waals surface area contributed by atoms with Gasteiger partial charge >= 0.3 is 5.97 Å². The van der Waals surface area contributed by atoms with E-state index in [0.717, 1.165) is 12.8 Å². The van der Waals surface area contributed by atoms with Crippen LogP contribution in [-0.4, -0.2) is 30.6 Å². The van der Waals surface area contributed by atoms with Crippen LogP contribution in [0.3, 0.4) is 0 Å². The molecule has 1 saturated carbocycles. The molecular weight excluding hydrogens is 172 g/mol. The molecule has 0 bridgehead atoms. The molecule has 3 N–H and O–H groups in total. The molecular formula is C8H14N2O3. The van der Waals surface area contributed by atoms with Crippen LogP contribution in [-0.2, 0) is 14.3 Å². The molecule has 74 valence electrons. The van der Waals surface area contributed by atoms with Gasteiger partial charge in [0.2, 0.25) is 5.91 Å². The van der Waals surface area contributed by atoms with E-state index < -0.39 is 17.9 Å². The topological polar surface area (TPSA) is 81.4 Å². The summed E-state index contributed by atoms with van der Waals surface area (Å²) in [6.45, 7) is 1.91. The van der Waals surface area contributed by atoms with Gasteiger partial charge in [0.15, 0.2) is 6.04 Å². The van der Waals surface area contributed by atoms with E-state index in [9.17, 15) is 9.59 Å². The lowest BCUT2D eigenvalue weighted by molar-refractivity contribution is -0.148. The van der Waals surface area contributed by atoms with Crippen LogP contribution in [0.5, 0.6) is 0 Å². The fraction of sp³-hybridized carbons (Fsp3) is 0.750. The maximum absolute atomic E-state index is 11.2. The quantitative estimate of drug-likeness (QED) is 0.443. The van der Waals surface area contributed by atoms with Crippen molar-refractivity contribution in [2.45, 2.75) is 31.8 Å². The zero-order chi connectivity index (χ0) is 9.84. The molecule has 1 unspecified atom stereocenters. The zero-order valence-corrected chi connectivity index (χ0v) is 7.58. The van der Waals surface area contributed by atoms with E-state index in [1.807, 2.05) is 0 Å². The molecule has 0 saturated heterocycles. The Morgan fingerprint density at radius 2 is 2.23 bits per heavy atom. The first-order valence-corrected chi connectivity index (χ1v) is 4.37. The second-order valence-electron chi connectivity index (χ2n) is 3.01. The highest BCUT2D eigenvalue weighted by molar-refractivity contribution is 6.01. The van der Waals surface area contributed by atoms with Crippen molar-refractivity contribution in [1.29, 1.82) is 0 Å². The lowest BCUT2D eigenvalue weighted by atomic mass is 10.3. The Hall–Kier alpha value is -1.10. The van der Waals surface area contributed by atoms with Gasteiger partial charge in [0, 0.05) is 6.04 Å².